The average molecular weight is 416 g/mol. The predicted octanol–water partition coefficient (Wildman–Crippen LogP) is 4.27. The Kier molecular flexibility index (Phi) is 6.03. The highest BCUT2D eigenvalue weighted by Crippen LogP contribution is 2.28. The van der Waals surface area contributed by atoms with Crippen LogP contribution in [0.2, 0.25) is 0 Å². The van der Waals surface area contributed by atoms with E-state index in [1.165, 1.54) is 6.42 Å². The van der Waals surface area contributed by atoms with Gasteiger partial charge in [0, 0.05) is 23.6 Å². The van der Waals surface area contributed by atoms with Gasteiger partial charge in [-0.1, -0.05) is 49.3 Å². The molecule has 2 heterocycles. The van der Waals surface area contributed by atoms with E-state index < -0.39 is 5.54 Å². The number of carbonyl (C=O) groups is 1. The zero-order chi connectivity index (χ0) is 21.8. The van der Waals surface area contributed by atoms with Gasteiger partial charge in [0.2, 0.25) is 5.91 Å². The number of para-hydroxylation sites is 1. The Morgan fingerprint density at radius 2 is 2.00 bits per heavy atom. The number of aryl methyl sites for hydroxylation is 2. The fourth-order valence-corrected chi connectivity index (χ4v) is 4.39. The first-order valence-electron chi connectivity index (χ1n) is 11.0. The molecule has 160 valence electrons. The van der Waals surface area contributed by atoms with Crippen molar-refractivity contribution in [3.05, 3.63) is 53.7 Å². The second kappa shape index (κ2) is 8.89. The Morgan fingerprint density at radius 1 is 1.23 bits per heavy atom. The fraction of sp³-hybridized carbons (Fsp3) is 0.440. The summed E-state index contributed by atoms with van der Waals surface area (Å²) in [6.45, 7) is 5.78. The summed E-state index contributed by atoms with van der Waals surface area (Å²) in [5, 5.41) is 8.76. The monoisotopic (exact) mass is 415 g/mol. The molecular formula is C25H29N5O. The molecule has 6 nitrogen and oxygen atoms in total. The Bertz CT molecular complexity index is 1150. The molecule has 0 spiro atoms. The van der Waals surface area contributed by atoms with Gasteiger partial charge in [0.1, 0.15) is 17.2 Å². The largest absolute Gasteiger partial charge is 0.340 e. The number of hydrogen-bond acceptors (Lipinski definition) is 4. The molecule has 0 saturated heterocycles. The van der Waals surface area contributed by atoms with Crippen LogP contribution in [-0.2, 0) is 4.79 Å². The number of fused-ring (bicyclic) bond motifs is 1. The van der Waals surface area contributed by atoms with Crippen LogP contribution < -0.4 is 5.32 Å². The van der Waals surface area contributed by atoms with Crippen LogP contribution in [0.15, 0.2) is 36.5 Å². The van der Waals surface area contributed by atoms with E-state index in [1.54, 1.807) is 0 Å². The zero-order valence-electron chi connectivity index (χ0n) is 18.5. The Hall–Kier alpha value is -3.20. The second-order valence-electron chi connectivity index (χ2n) is 8.56. The van der Waals surface area contributed by atoms with Crippen molar-refractivity contribution < 1.29 is 4.79 Å². The zero-order valence-corrected chi connectivity index (χ0v) is 18.5. The third kappa shape index (κ3) is 4.93. The van der Waals surface area contributed by atoms with Crippen molar-refractivity contribution >= 4 is 16.8 Å². The van der Waals surface area contributed by atoms with E-state index in [0.717, 1.165) is 53.8 Å². The van der Waals surface area contributed by atoms with Crippen LogP contribution >= 0.6 is 0 Å². The summed E-state index contributed by atoms with van der Waals surface area (Å²) < 4.78 is 1.83. The number of hydrogen-bond donors (Lipinski definition) is 1. The molecule has 1 amide bonds. The quantitative estimate of drug-likeness (QED) is 0.646. The summed E-state index contributed by atoms with van der Waals surface area (Å²) in [6.07, 6.45) is 7.25. The number of rotatable bonds is 4. The maximum absolute atomic E-state index is 13.0. The van der Waals surface area contributed by atoms with Crippen LogP contribution in [0.5, 0.6) is 0 Å². The van der Waals surface area contributed by atoms with Gasteiger partial charge in [-0.05, 0) is 45.7 Å². The van der Waals surface area contributed by atoms with Crippen molar-refractivity contribution in [2.24, 2.45) is 0 Å². The molecule has 1 aliphatic rings. The minimum atomic E-state index is -0.478. The van der Waals surface area contributed by atoms with Crippen LogP contribution in [0.1, 0.15) is 68.7 Å². The molecule has 4 rings (SSSR count). The van der Waals surface area contributed by atoms with Crippen LogP contribution in [0.25, 0.3) is 10.9 Å². The first kappa shape index (κ1) is 21.0. The molecule has 2 aromatic heterocycles. The van der Waals surface area contributed by atoms with Gasteiger partial charge < -0.3 is 5.32 Å². The van der Waals surface area contributed by atoms with Crippen LogP contribution in [-0.4, -0.2) is 31.2 Å². The Morgan fingerprint density at radius 3 is 2.74 bits per heavy atom. The van der Waals surface area contributed by atoms with Crippen molar-refractivity contribution in [3.63, 3.8) is 0 Å². The van der Waals surface area contributed by atoms with Gasteiger partial charge in [0.15, 0.2) is 0 Å². The van der Waals surface area contributed by atoms with E-state index in [1.807, 2.05) is 55.9 Å². The predicted molar refractivity (Wildman–Crippen MR) is 121 cm³/mol. The highest BCUT2D eigenvalue weighted by molar-refractivity contribution is 5.80. The molecule has 31 heavy (non-hydrogen) atoms. The molecule has 1 fully saturated rings. The molecule has 0 aliphatic heterocycles. The van der Waals surface area contributed by atoms with Gasteiger partial charge in [-0.15, -0.1) is 0 Å². The lowest BCUT2D eigenvalue weighted by molar-refractivity contribution is -0.123. The van der Waals surface area contributed by atoms with E-state index >= 15 is 0 Å². The van der Waals surface area contributed by atoms with E-state index in [-0.39, 0.29) is 11.9 Å². The molecule has 3 aromatic rings. The molecule has 0 bridgehead atoms. The van der Waals surface area contributed by atoms with Gasteiger partial charge >= 0.3 is 0 Å². The number of nitrogens with zero attached hydrogens (tertiary/aromatic N) is 4. The molecule has 1 aromatic carbocycles. The summed E-state index contributed by atoms with van der Waals surface area (Å²) >= 11 is 0. The van der Waals surface area contributed by atoms with Crippen LogP contribution in [0.4, 0.5) is 0 Å². The molecule has 1 aliphatic carbocycles. The average Bonchev–Trinajstić information content (AvgIpc) is 3.11. The first-order valence-corrected chi connectivity index (χ1v) is 11.0. The standard InChI is InChI=1S/C25H29N5O/c1-18(30-20(3)27-19(2)29-30)15-24(31)28-25(12-7-4-8-13-25)14-11-21-16-22-9-5-6-10-23(22)26-17-21/h5-6,9-10,16-18H,4,7-8,12-13,15H2,1-3H3,(H,28,31)/t18-/m1/s1. The fourth-order valence-electron chi connectivity index (χ4n) is 4.39. The lowest BCUT2D eigenvalue weighted by atomic mass is 9.81. The summed E-state index contributed by atoms with van der Waals surface area (Å²) in [7, 11) is 0. The molecule has 1 saturated carbocycles. The van der Waals surface area contributed by atoms with E-state index in [2.05, 4.69) is 38.3 Å². The summed E-state index contributed by atoms with van der Waals surface area (Å²) in [5.74, 6) is 8.27. The maximum Gasteiger partial charge on any atom is 0.223 e. The summed E-state index contributed by atoms with van der Waals surface area (Å²) in [4.78, 5) is 21.8. The smallest absolute Gasteiger partial charge is 0.223 e. The van der Waals surface area contributed by atoms with Gasteiger partial charge in [-0.2, -0.15) is 5.10 Å². The number of carbonyl (C=O) groups excluding carboxylic acids is 1. The van der Waals surface area contributed by atoms with Crippen molar-refractivity contribution in [2.75, 3.05) is 0 Å². The summed E-state index contributed by atoms with van der Waals surface area (Å²) in [5.41, 5.74) is 1.36. The van der Waals surface area contributed by atoms with Gasteiger partial charge in [0.05, 0.1) is 11.6 Å². The van der Waals surface area contributed by atoms with Gasteiger partial charge in [0.25, 0.3) is 0 Å². The molecule has 0 radical (unpaired) electrons. The molecule has 1 N–H and O–H groups in total. The van der Waals surface area contributed by atoms with Gasteiger partial charge in [-0.3, -0.25) is 9.78 Å². The topological polar surface area (TPSA) is 72.7 Å². The Balaban J connectivity index is 1.51. The van der Waals surface area contributed by atoms with Crippen LogP contribution in [0.3, 0.4) is 0 Å². The summed E-state index contributed by atoms with van der Waals surface area (Å²) in [6, 6.07) is 10.0. The highest BCUT2D eigenvalue weighted by Gasteiger charge is 2.32. The van der Waals surface area contributed by atoms with Crippen molar-refractivity contribution in [1.82, 2.24) is 25.1 Å². The first-order chi connectivity index (χ1) is 14.9. The minimum absolute atomic E-state index is 0.00731. The number of pyridine rings is 1. The third-order valence-corrected chi connectivity index (χ3v) is 5.93. The maximum atomic E-state index is 13.0. The van der Waals surface area contributed by atoms with Gasteiger partial charge in [-0.25, -0.2) is 9.67 Å². The van der Waals surface area contributed by atoms with E-state index in [0.29, 0.717) is 6.42 Å². The molecule has 6 heteroatoms. The van der Waals surface area contributed by atoms with Crippen molar-refractivity contribution in [2.45, 2.75) is 70.9 Å². The van der Waals surface area contributed by atoms with Crippen LogP contribution in [0, 0.1) is 25.7 Å². The molecule has 1 atom stereocenters. The Labute approximate surface area is 183 Å². The minimum Gasteiger partial charge on any atom is -0.340 e. The molecular weight excluding hydrogens is 386 g/mol. The third-order valence-electron chi connectivity index (χ3n) is 5.93. The SMILES string of the molecule is Cc1nc(C)n([C@H](C)CC(=O)NC2(C#Cc3cnc4ccccc4c3)CCCCC2)n1. The lowest BCUT2D eigenvalue weighted by Crippen LogP contribution is -2.49. The van der Waals surface area contributed by atoms with Crippen molar-refractivity contribution in [3.8, 4) is 11.8 Å². The van der Waals surface area contributed by atoms with E-state index in [9.17, 15) is 4.79 Å². The normalized spacial score (nSPS) is 16.4. The highest BCUT2D eigenvalue weighted by atomic mass is 16.1. The molecule has 0 unspecified atom stereocenters. The lowest BCUT2D eigenvalue weighted by Gasteiger charge is -2.34. The number of aromatic nitrogens is 4. The number of amides is 1. The number of benzene rings is 1. The van der Waals surface area contributed by atoms with E-state index in [4.69, 9.17) is 0 Å². The van der Waals surface area contributed by atoms with Crippen molar-refractivity contribution in [1.29, 1.82) is 0 Å². The number of nitrogens with one attached hydrogen (secondary N) is 1. The second-order valence-corrected chi connectivity index (χ2v) is 8.56.